The molecule has 1 atom stereocenters. The molecule has 0 bridgehead atoms. The van der Waals surface area contributed by atoms with E-state index in [0.717, 1.165) is 11.4 Å². The molecular formula is C59H37N. The number of benzene rings is 10. The zero-order chi connectivity index (χ0) is 39.4. The summed E-state index contributed by atoms with van der Waals surface area (Å²) in [5, 5.41) is 2.71. The average molecular weight is 760 g/mol. The minimum Gasteiger partial charge on any atom is -0.310 e. The van der Waals surface area contributed by atoms with E-state index in [1.807, 2.05) is 0 Å². The van der Waals surface area contributed by atoms with Crippen molar-refractivity contribution < 1.29 is 0 Å². The molecule has 1 spiro atoms. The maximum absolute atomic E-state index is 2.56. The topological polar surface area (TPSA) is 3.24 Å². The van der Waals surface area contributed by atoms with Gasteiger partial charge in [0.25, 0.3) is 0 Å². The van der Waals surface area contributed by atoms with Crippen LogP contribution >= 0.6 is 0 Å². The van der Waals surface area contributed by atoms with Crippen LogP contribution in [0.5, 0.6) is 0 Å². The lowest BCUT2D eigenvalue weighted by atomic mass is 9.70. The summed E-state index contributed by atoms with van der Waals surface area (Å²) in [6, 6.07) is 83.3. The Morgan fingerprint density at radius 1 is 0.283 bits per heavy atom. The van der Waals surface area contributed by atoms with E-state index < -0.39 is 5.41 Å². The van der Waals surface area contributed by atoms with Crippen LogP contribution in [0, 0.1) is 0 Å². The van der Waals surface area contributed by atoms with Gasteiger partial charge in [0.1, 0.15) is 0 Å². The molecule has 3 aliphatic rings. The van der Waals surface area contributed by atoms with Gasteiger partial charge in [0, 0.05) is 16.9 Å². The Bertz CT molecular complexity index is 3340. The van der Waals surface area contributed by atoms with Gasteiger partial charge in [-0.25, -0.2) is 0 Å². The molecule has 10 aromatic rings. The molecule has 0 saturated heterocycles. The number of para-hydroxylation sites is 1. The molecule has 10 aromatic carbocycles. The zero-order valence-electron chi connectivity index (χ0n) is 32.8. The monoisotopic (exact) mass is 759 g/mol. The molecule has 0 aromatic heterocycles. The normalized spacial score (nSPS) is 14.7. The van der Waals surface area contributed by atoms with Crippen LogP contribution in [0.2, 0.25) is 0 Å². The number of hydrogen-bond acceptors (Lipinski definition) is 1. The third-order valence-corrected chi connectivity index (χ3v) is 13.4. The summed E-state index contributed by atoms with van der Waals surface area (Å²) < 4.78 is 0. The molecule has 0 aliphatic heterocycles. The van der Waals surface area contributed by atoms with Crippen molar-refractivity contribution in [2.75, 3.05) is 4.90 Å². The third-order valence-electron chi connectivity index (χ3n) is 13.4. The second-order valence-electron chi connectivity index (χ2n) is 16.3. The first-order chi connectivity index (χ1) is 29.8. The Balaban J connectivity index is 1.03. The predicted molar refractivity (Wildman–Crippen MR) is 250 cm³/mol. The van der Waals surface area contributed by atoms with Gasteiger partial charge in [0.05, 0.1) is 11.1 Å². The molecule has 0 heterocycles. The molecule has 0 N–H and O–H groups in total. The fourth-order valence-corrected chi connectivity index (χ4v) is 11.0. The molecule has 0 saturated carbocycles. The molecule has 0 fully saturated rings. The molecule has 13 rings (SSSR count). The summed E-state index contributed by atoms with van der Waals surface area (Å²) in [6.07, 6.45) is 0. The fraction of sp³-hybridized carbons (Fsp3) is 0.0169. The SMILES string of the molecule is c1ccc(-c2ccc(-c3ccc(N(c4ccccc4)c4cccc5c4-c4ccccc4C54c5ccccc5-c5c4cc4c6c(cccc56)-c5ccccc5-4)cc3)cc2)cc1. The van der Waals surface area contributed by atoms with Gasteiger partial charge < -0.3 is 4.90 Å². The maximum atomic E-state index is 2.56. The van der Waals surface area contributed by atoms with Crippen molar-refractivity contribution >= 4 is 27.8 Å². The maximum Gasteiger partial charge on any atom is 0.0726 e. The van der Waals surface area contributed by atoms with Crippen LogP contribution in [0.4, 0.5) is 17.1 Å². The highest BCUT2D eigenvalue weighted by molar-refractivity contribution is 6.21. The van der Waals surface area contributed by atoms with Crippen LogP contribution in [0.15, 0.2) is 224 Å². The van der Waals surface area contributed by atoms with Crippen molar-refractivity contribution in [3.05, 3.63) is 247 Å². The zero-order valence-corrected chi connectivity index (χ0v) is 32.8. The minimum absolute atomic E-state index is 0.496. The smallest absolute Gasteiger partial charge is 0.0726 e. The predicted octanol–water partition coefficient (Wildman–Crippen LogP) is 15.6. The number of hydrogen-bond donors (Lipinski definition) is 0. The molecule has 278 valence electrons. The lowest BCUT2D eigenvalue weighted by molar-refractivity contribution is 0.794. The van der Waals surface area contributed by atoms with Crippen LogP contribution in [-0.4, -0.2) is 0 Å². The number of fused-ring (bicyclic) bond motifs is 14. The summed E-state index contributed by atoms with van der Waals surface area (Å²) in [7, 11) is 0. The molecule has 60 heavy (non-hydrogen) atoms. The van der Waals surface area contributed by atoms with Crippen LogP contribution in [0.1, 0.15) is 22.3 Å². The molecule has 3 aliphatic carbocycles. The molecule has 1 nitrogen and oxygen atoms in total. The second-order valence-corrected chi connectivity index (χ2v) is 16.3. The first-order valence-corrected chi connectivity index (χ1v) is 20.9. The van der Waals surface area contributed by atoms with E-state index in [9.17, 15) is 0 Å². The first kappa shape index (κ1) is 33.3. The highest BCUT2D eigenvalue weighted by atomic mass is 15.1. The Morgan fingerprint density at radius 3 is 1.42 bits per heavy atom. The van der Waals surface area contributed by atoms with Gasteiger partial charge in [-0.1, -0.05) is 188 Å². The summed E-state index contributed by atoms with van der Waals surface area (Å²) >= 11 is 0. The lowest BCUT2D eigenvalue weighted by Crippen LogP contribution is -2.26. The molecule has 0 amide bonds. The molecule has 1 heteroatoms. The summed E-state index contributed by atoms with van der Waals surface area (Å²) in [4.78, 5) is 2.46. The number of anilines is 3. The second kappa shape index (κ2) is 12.6. The van der Waals surface area contributed by atoms with Crippen molar-refractivity contribution in [2.45, 2.75) is 5.41 Å². The van der Waals surface area contributed by atoms with Crippen molar-refractivity contribution in [1.82, 2.24) is 0 Å². The van der Waals surface area contributed by atoms with Crippen LogP contribution < -0.4 is 4.90 Å². The summed E-state index contributed by atoms with van der Waals surface area (Å²) in [5.74, 6) is 0. The van der Waals surface area contributed by atoms with E-state index in [0.29, 0.717) is 0 Å². The Kier molecular flexibility index (Phi) is 7.00. The van der Waals surface area contributed by atoms with E-state index in [-0.39, 0.29) is 0 Å². The van der Waals surface area contributed by atoms with Gasteiger partial charge in [-0.05, 0) is 131 Å². The van der Waals surface area contributed by atoms with E-state index >= 15 is 0 Å². The van der Waals surface area contributed by atoms with Gasteiger partial charge in [-0.3, -0.25) is 0 Å². The van der Waals surface area contributed by atoms with Gasteiger partial charge in [0.2, 0.25) is 0 Å². The van der Waals surface area contributed by atoms with Crippen LogP contribution in [-0.2, 0) is 5.41 Å². The van der Waals surface area contributed by atoms with Crippen molar-refractivity contribution in [1.29, 1.82) is 0 Å². The standard InChI is InChI=1S/C59H37N/c1-3-15-38(16-4-1)39-29-31-40(32-30-39)41-33-35-43(36-34-41)60(42-17-5-2-6-18-42)55-28-14-27-53-58(55)48-22-10-12-26-52(48)59(53)51-25-11-9-21-47(51)57-49-24-13-23-46-44-19-7-8-20-45(44)50(56(46)49)37-54(57)59/h1-37H. The van der Waals surface area contributed by atoms with Crippen LogP contribution in [0.25, 0.3) is 77.5 Å². The quantitative estimate of drug-likeness (QED) is 0.169. The molecular weight excluding hydrogens is 723 g/mol. The van der Waals surface area contributed by atoms with E-state index in [4.69, 9.17) is 0 Å². The van der Waals surface area contributed by atoms with Crippen molar-refractivity contribution in [3.8, 4) is 66.8 Å². The lowest BCUT2D eigenvalue weighted by Gasteiger charge is -2.32. The third kappa shape index (κ3) is 4.47. The Labute approximate surface area is 350 Å². The Morgan fingerprint density at radius 2 is 0.750 bits per heavy atom. The van der Waals surface area contributed by atoms with Crippen LogP contribution in [0.3, 0.4) is 0 Å². The Hall–Kier alpha value is -7.74. The number of nitrogens with zero attached hydrogens (tertiary/aromatic N) is 1. The summed E-state index contributed by atoms with van der Waals surface area (Å²) in [6.45, 7) is 0. The molecule has 0 radical (unpaired) electrons. The van der Waals surface area contributed by atoms with E-state index in [1.165, 1.54) is 105 Å². The van der Waals surface area contributed by atoms with Crippen molar-refractivity contribution in [3.63, 3.8) is 0 Å². The minimum atomic E-state index is -0.496. The summed E-state index contributed by atoms with van der Waals surface area (Å²) in [5.41, 5.74) is 23.7. The van der Waals surface area contributed by atoms with Gasteiger partial charge >= 0.3 is 0 Å². The fourth-order valence-electron chi connectivity index (χ4n) is 11.0. The number of rotatable bonds is 5. The van der Waals surface area contributed by atoms with E-state index in [1.54, 1.807) is 0 Å². The largest absolute Gasteiger partial charge is 0.310 e. The highest BCUT2D eigenvalue weighted by Gasteiger charge is 2.53. The highest BCUT2D eigenvalue weighted by Crippen LogP contribution is 2.67. The van der Waals surface area contributed by atoms with Gasteiger partial charge in [-0.2, -0.15) is 0 Å². The van der Waals surface area contributed by atoms with Crippen molar-refractivity contribution in [2.24, 2.45) is 0 Å². The van der Waals surface area contributed by atoms with E-state index in [2.05, 4.69) is 229 Å². The first-order valence-electron chi connectivity index (χ1n) is 20.9. The van der Waals surface area contributed by atoms with Gasteiger partial charge in [0.15, 0.2) is 0 Å². The molecule has 1 unspecified atom stereocenters. The average Bonchev–Trinajstić information content (AvgIpc) is 3.93. The van der Waals surface area contributed by atoms with Gasteiger partial charge in [-0.15, -0.1) is 0 Å².